The molecule has 0 spiro atoms. The van der Waals surface area contributed by atoms with Gasteiger partial charge in [0.05, 0.1) is 122 Å². The summed E-state index contributed by atoms with van der Waals surface area (Å²) in [6.07, 6.45) is 8.70. The molecule has 17 nitrogen and oxygen atoms in total. The summed E-state index contributed by atoms with van der Waals surface area (Å²) in [6, 6.07) is 3.42. The SMILES string of the molecule is CCCCCCCCCC(=O)OCCOCCOCCOCCOCCOCCOCCOCCOCCNc1ccc([N+](=O)[O-])cc1[N+](=O)[O-]. The fourth-order valence-corrected chi connectivity index (χ4v) is 4.35. The summed E-state index contributed by atoms with van der Waals surface area (Å²) in [5.74, 6) is -0.156. The lowest BCUT2D eigenvalue weighted by atomic mass is 10.1. The Morgan fingerprint density at radius 2 is 0.980 bits per heavy atom. The number of nitrogens with zero attached hydrogens (tertiary/aromatic N) is 2. The number of esters is 1. The molecule has 0 unspecified atom stereocenters. The molecule has 1 aromatic carbocycles. The van der Waals surface area contributed by atoms with Crippen molar-refractivity contribution in [2.24, 2.45) is 0 Å². The molecule has 0 aliphatic heterocycles. The largest absolute Gasteiger partial charge is 0.463 e. The minimum Gasteiger partial charge on any atom is -0.463 e. The van der Waals surface area contributed by atoms with Crippen LogP contribution in [0.4, 0.5) is 17.1 Å². The number of anilines is 1. The van der Waals surface area contributed by atoms with E-state index in [2.05, 4.69) is 12.2 Å². The Labute approximate surface area is 301 Å². The van der Waals surface area contributed by atoms with Gasteiger partial charge >= 0.3 is 5.97 Å². The topological polar surface area (TPSA) is 198 Å². The minimum atomic E-state index is -0.682. The molecule has 0 aliphatic carbocycles. The Morgan fingerprint density at radius 3 is 1.41 bits per heavy atom. The van der Waals surface area contributed by atoms with E-state index in [-0.39, 0.29) is 42.8 Å². The van der Waals surface area contributed by atoms with Gasteiger partial charge in [0.2, 0.25) is 0 Å². The third-order valence-corrected chi connectivity index (χ3v) is 7.03. The lowest BCUT2D eigenvalue weighted by molar-refractivity contribution is -0.393. The van der Waals surface area contributed by atoms with Gasteiger partial charge in [-0.3, -0.25) is 25.0 Å². The molecular weight excluding hydrogens is 674 g/mol. The smallest absolute Gasteiger partial charge is 0.305 e. The molecule has 1 rings (SSSR count). The Morgan fingerprint density at radius 1 is 0.569 bits per heavy atom. The zero-order chi connectivity index (χ0) is 37.0. The van der Waals surface area contributed by atoms with Crippen LogP contribution in [0.3, 0.4) is 0 Å². The molecule has 0 aliphatic rings. The average molecular weight is 734 g/mol. The molecule has 0 fully saturated rings. The molecule has 17 heteroatoms. The second kappa shape index (κ2) is 34.1. The number of ether oxygens (including phenoxy) is 9. The van der Waals surface area contributed by atoms with E-state index in [1.807, 2.05) is 0 Å². The second-order valence-electron chi connectivity index (χ2n) is 11.1. The number of unbranched alkanes of at least 4 members (excludes halogenated alkanes) is 6. The summed E-state index contributed by atoms with van der Waals surface area (Å²) < 4.78 is 48.7. The minimum absolute atomic E-state index is 0.156. The second-order valence-corrected chi connectivity index (χ2v) is 11.1. The average Bonchev–Trinajstić information content (AvgIpc) is 3.12. The van der Waals surface area contributed by atoms with Gasteiger partial charge in [0.25, 0.3) is 11.4 Å². The summed E-state index contributed by atoms with van der Waals surface area (Å²) in [5.41, 5.74) is -0.530. The van der Waals surface area contributed by atoms with Crippen molar-refractivity contribution in [3.05, 3.63) is 38.4 Å². The number of rotatable bonds is 38. The molecule has 1 N–H and O–H groups in total. The molecule has 0 saturated carbocycles. The molecule has 0 radical (unpaired) electrons. The number of nitro benzene ring substituents is 2. The van der Waals surface area contributed by atoms with E-state index in [4.69, 9.17) is 42.6 Å². The number of nitrogens with one attached hydrogen (secondary N) is 1. The number of non-ortho nitro benzene ring substituents is 1. The number of hydrogen-bond acceptors (Lipinski definition) is 15. The predicted molar refractivity (Wildman–Crippen MR) is 188 cm³/mol. The highest BCUT2D eigenvalue weighted by atomic mass is 16.6. The summed E-state index contributed by atoms with van der Waals surface area (Å²) in [6.45, 7) is 9.40. The maximum Gasteiger partial charge on any atom is 0.305 e. The molecule has 1 aromatic rings. The standard InChI is InChI=1S/C34H59N3O14/c1-2-3-4-5-6-7-8-9-34(38)51-29-28-50-27-26-49-25-24-48-23-22-47-21-20-46-19-18-45-17-16-44-15-14-43-13-12-35-32-11-10-31(36(39)40)30-33(32)37(41)42/h10-11,30,35H,2-9,12-29H2,1H3. The van der Waals surface area contributed by atoms with Crippen molar-refractivity contribution < 1.29 is 57.3 Å². The first kappa shape index (κ1) is 46.0. The Hall–Kier alpha value is -3.03. The number of hydrogen-bond donors (Lipinski definition) is 1. The number of carbonyl (C=O) groups excluding carboxylic acids is 1. The van der Waals surface area contributed by atoms with Gasteiger partial charge in [-0.2, -0.15) is 0 Å². The van der Waals surface area contributed by atoms with Gasteiger partial charge in [0.15, 0.2) is 0 Å². The molecule has 294 valence electrons. The Kier molecular flexibility index (Phi) is 30.7. The zero-order valence-electron chi connectivity index (χ0n) is 30.2. The van der Waals surface area contributed by atoms with E-state index in [0.29, 0.717) is 106 Å². The van der Waals surface area contributed by atoms with Gasteiger partial charge < -0.3 is 47.9 Å². The van der Waals surface area contributed by atoms with Crippen LogP contribution in [-0.4, -0.2) is 135 Å². The lowest BCUT2D eigenvalue weighted by Gasteiger charge is -2.09. The summed E-state index contributed by atoms with van der Waals surface area (Å²) in [7, 11) is 0. The third-order valence-electron chi connectivity index (χ3n) is 7.03. The van der Waals surface area contributed by atoms with Crippen molar-refractivity contribution in [1.82, 2.24) is 0 Å². The van der Waals surface area contributed by atoms with Crippen LogP contribution in [0.15, 0.2) is 18.2 Å². The lowest BCUT2D eigenvalue weighted by Crippen LogP contribution is -2.16. The molecule has 51 heavy (non-hydrogen) atoms. The van der Waals surface area contributed by atoms with Crippen LogP contribution < -0.4 is 5.32 Å². The van der Waals surface area contributed by atoms with Crippen molar-refractivity contribution in [2.45, 2.75) is 58.3 Å². The molecule has 0 heterocycles. The van der Waals surface area contributed by atoms with Crippen LogP contribution in [0.25, 0.3) is 0 Å². The first-order valence-corrected chi connectivity index (χ1v) is 17.9. The maximum atomic E-state index is 11.7. The van der Waals surface area contributed by atoms with Crippen LogP contribution in [0.5, 0.6) is 0 Å². The number of benzene rings is 1. The molecule has 0 aromatic heterocycles. The van der Waals surface area contributed by atoms with E-state index in [0.717, 1.165) is 18.9 Å². The van der Waals surface area contributed by atoms with Crippen molar-refractivity contribution in [3.8, 4) is 0 Å². The van der Waals surface area contributed by atoms with E-state index in [1.165, 1.54) is 44.2 Å². The molecular formula is C34H59N3O14. The van der Waals surface area contributed by atoms with E-state index < -0.39 is 9.85 Å². The van der Waals surface area contributed by atoms with Crippen LogP contribution in [0.2, 0.25) is 0 Å². The van der Waals surface area contributed by atoms with Gasteiger partial charge in [-0.05, 0) is 12.5 Å². The summed E-state index contributed by atoms with van der Waals surface area (Å²) >= 11 is 0. The van der Waals surface area contributed by atoms with Crippen molar-refractivity contribution >= 4 is 23.0 Å². The van der Waals surface area contributed by atoms with E-state index in [9.17, 15) is 25.0 Å². The molecule has 0 amide bonds. The summed E-state index contributed by atoms with van der Waals surface area (Å²) in [4.78, 5) is 32.3. The predicted octanol–water partition coefficient (Wildman–Crippen LogP) is 4.73. The molecule has 0 saturated heterocycles. The molecule has 0 bridgehead atoms. The van der Waals surface area contributed by atoms with Crippen LogP contribution in [0.1, 0.15) is 58.3 Å². The number of carbonyl (C=O) groups is 1. The summed E-state index contributed by atoms with van der Waals surface area (Å²) in [5, 5.41) is 24.8. The van der Waals surface area contributed by atoms with Gasteiger partial charge in [-0.15, -0.1) is 0 Å². The number of nitro groups is 2. The van der Waals surface area contributed by atoms with Gasteiger partial charge in [0, 0.05) is 19.0 Å². The highest BCUT2D eigenvalue weighted by Gasteiger charge is 2.19. The quantitative estimate of drug-likeness (QED) is 0.0423. The van der Waals surface area contributed by atoms with Crippen molar-refractivity contribution in [3.63, 3.8) is 0 Å². The normalized spacial score (nSPS) is 11.2. The highest BCUT2D eigenvalue weighted by Crippen LogP contribution is 2.28. The fraction of sp³-hybridized carbons (Fsp3) is 0.794. The van der Waals surface area contributed by atoms with Crippen LogP contribution in [-0.2, 0) is 47.4 Å². The van der Waals surface area contributed by atoms with Gasteiger partial charge in [0.1, 0.15) is 12.3 Å². The van der Waals surface area contributed by atoms with Gasteiger partial charge in [-0.25, -0.2) is 0 Å². The Balaban J connectivity index is 1.74. The van der Waals surface area contributed by atoms with Gasteiger partial charge in [-0.1, -0.05) is 45.4 Å². The van der Waals surface area contributed by atoms with E-state index in [1.54, 1.807) is 0 Å². The van der Waals surface area contributed by atoms with Crippen molar-refractivity contribution in [1.29, 1.82) is 0 Å². The maximum absolute atomic E-state index is 11.7. The third kappa shape index (κ3) is 28.3. The van der Waals surface area contributed by atoms with Crippen molar-refractivity contribution in [2.75, 3.05) is 124 Å². The van der Waals surface area contributed by atoms with E-state index >= 15 is 0 Å². The molecule has 0 atom stereocenters. The highest BCUT2D eigenvalue weighted by molar-refractivity contribution is 5.69. The van der Waals surface area contributed by atoms with Crippen LogP contribution >= 0.6 is 0 Å². The Bertz CT molecular complexity index is 1020. The first-order valence-electron chi connectivity index (χ1n) is 17.9. The first-order chi connectivity index (χ1) is 25.0. The zero-order valence-corrected chi connectivity index (χ0v) is 30.2. The monoisotopic (exact) mass is 733 g/mol. The van der Waals surface area contributed by atoms with Crippen LogP contribution in [0, 0.1) is 20.2 Å². The fourth-order valence-electron chi connectivity index (χ4n) is 4.35.